The van der Waals surface area contributed by atoms with Crippen LogP contribution in [0.25, 0.3) is 0 Å². The Kier molecular flexibility index (Phi) is 8.31. The molecule has 0 unspecified atom stereocenters. The first-order valence-electron chi connectivity index (χ1n) is 8.04. The lowest BCUT2D eigenvalue weighted by Crippen LogP contribution is -2.34. The Hall–Kier alpha value is -1.06. The summed E-state index contributed by atoms with van der Waals surface area (Å²) >= 11 is 0. The van der Waals surface area contributed by atoms with Crippen LogP contribution in [0.1, 0.15) is 65.2 Å². The Morgan fingerprint density at radius 1 is 0.850 bits per heavy atom. The van der Waals surface area contributed by atoms with Crippen molar-refractivity contribution < 1.29 is 19.1 Å². The van der Waals surface area contributed by atoms with Gasteiger partial charge in [0.25, 0.3) is 0 Å². The number of ether oxygens (including phenoxy) is 2. The van der Waals surface area contributed by atoms with Crippen molar-refractivity contribution in [3.05, 3.63) is 0 Å². The molecule has 1 saturated carbocycles. The number of hydrogen-bond acceptors (Lipinski definition) is 4. The van der Waals surface area contributed by atoms with Gasteiger partial charge in [-0.1, -0.05) is 38.5 Å². The summed E-state index contributed by atoms with van der Waals surface area (Å²) < 4.78 is 10.2. The Labute approximate surface area is 122 Å². The molecule has 1 rings (SSSR count). The highest BCUT2D eigenvalue weighted by Gasteiger charge is 2.36. The van der Waals surface area contributed by atoms with E-state index in [2.05, 4.69) is 0 Å². The van der Waals surface area contributed by atoms with Crippen LogP contribution in [0.15, 0.2) is 0 Å². The van der Waals surface area contributed by atoms with E-state index >= 15 is 0 Å². The van der Waals surface area contributed by atoms with E-state index in [9.17, 15) is 9.59 Å². The van der Waals surface area contributed by atoms with Gasteiger partial charge in [-0.05, 0) is 32.6 Å². The van der Waals surface area contributed by atoms with Gasteiger partial charge in [-0.25, -0.2) is 0 Å². The van der Waals surface area contributed by atoms with Gasteiger partial charge in [0.05, 0.1) is 13.2 Å². The van der Waals surface area contributed by atoms with E-state index in [0.29, 0.717) is 13.2 Å². The molecule has 0 saturated heterocycles. The molecular weight excluding hydrogens is 256 g/mol. The summed E-state index contributed by atoms with van der Waals surface area (Å²) in [7, 11) is 0. The number of carbonyl (C=O) groups excluding carboxylic acids is 2. The highest BCUT2D eigenvalue weighted by Crippen LogP contribution is 2.29. The van der Waals surface area contributed by atoms with Crippen LogP contribution in [-0.4, -0.2) is 25.2 Å². The largest absolute Gasteiger partial charge is 0.465 e. The van der Waals surface area contributed by atoms with E-state index in [1.165, 1.54) is 25.7 Å². The molecule has 0 aromatic rings. The summed E-state index contributed by atoms with van der Waals surface area (Å²) in [5, 5.41) is 0. The Morgan fingerprint density at radius 2 is 1.25 bits per heavy atom. The lowest BCUT2D eigenvalue weighted by molar-refractivity contribution is -0.164. The minimum Gasteiger partial charge on any atom is -0.465 e. The first-order valence-corrected chi connectivity index (χ1v) is 8.04. The van der Waals surface area contributed by atoms with Crippen LogP contribution >= 0.6 is 0 Å². The third kappa shape index (κ3) is 5.51. The van der Waals surface area contributed by atoms with Gasteiger partial charge in [0, 0.05) is 0 Å². The predicted octanol–water partition coefficient (Wildman–Crippen LogP) is 3.48. The molecule has 0 aliphatic heterocycles. The van der Waals surface area contributed by atoms with Crippen molar-refractivity contribution in [2.75, 3.05) is 13.2 Å². The molecule has 0 aromatic heterocycles. The number of hydrogen-bond donors (Lipinski definition) is 0. The third-order valence-corrected chi connectivity index (χ3v) is 3.95. The average molecular weight is 284 g/mol. The van der Waals surface area contributed by atoms with Gasteiger partial charge in [0.2, 0.25) is 0 Å². The fraction of sp³-hybridized carbons (Fsp3) is 0.875. The van der Waals surface area contributed by atoms with Crippen LogP contribution in [-0.2, 0) is 19.1 Å². The topological polar surface area (TPSA) is 52.6 Å². The monoisotopic (exact) mass is 284 g/mol. The first kappa shape index (κ1) is 17.0. The van der Waals surface area contributed by atoms with Crippen molar-refractivity contribution in [1.29, 1.82) is 0 Å². The molecule has 4 heteroatoms. The molecule has 0 spiro atoms. The Morgan fingerprint density at radius 3 is 1.65 bits per heavy atom. The standard InChI is InChI=1S/C16H28O4/c1-3-19-15(17)14(16(18)20-4-2)13-11-9-7-5-6-8-10-12-13/h13-14H,3-12H2,1-2H3. The maximum atomic E-state index is 12.1. The molecular formula is C16H28O4. The second kappa shape index (κ2) is 9.78. The zero-order valence-electron chi connectivity index (χ0n) is 12.9. The normalized spacial score (nSPS) is 17.9. The summed E-state index contributed by atoms with van der Waals surface area (Å²) in [6, 6.07) is 0. The van der Waals surface area contributed by atoms with Gasteiger partial charge in [-0.2, -0.15) is 0 Å². The van der Waals surface area contributed by atoms with E-state index in [4.69, 9.17) is 9.47 Å². The van der Waals surface area contributed by atoms with E-state index in [0.717, 1.165) is 25.7 Å². The third-order valence-electron chi connectivity index (χ3n) is 3.95. The van der Waals surface area contributed by atoms with Crippen molar-refractivity contribution in [3.8, 4) is 0 Å². The smallest absolute Gasteiger partial charge is 0.320 e. The SMILES string of the molecule is CCOC(=O)C(C(=O)OCC)C1CCCCCCCC1. The lowest BCUT2D eigenvalue weighted by Gasteiger charge is -2.23. The van der Waals surface area contributed by atoms with Crippen LogP contribution in [0.4, 0.5) is 0 Å². The first-order chi connectivity index (χ1) is 9.70. The van der Waals surface area contributed by atoms with Gasteiger partial charge in [0.1, 0.15) is 0 Å². The van der Waals surface area contributed by atoms with Crippen LogP contribution in [0, 0.1) is 11.8 Å². The van der Waals surface area contributed by atoms with Crippen molar-refractivity contribution >= 4 is 11.9 Å². The van der Waals surface area contributed by atoms with Crippen LogP contribution < -0.4 is 0 Å². The molecule has 1 aliphatic rings. The van der Waals surface area contributed by atoms with Crippen molar-refractivity contribution in [1.82, 2.24) is 0 Å². The predicted molar refractivity (Wildman–Crippen MR) is 77.2 cm³/mol. The minimum absolute atomic E-state index is 0.0752. The van der Waals surface area contributed by atoms with Crippen LogP contribution in [0.2, 0.25) is 0 Å². The zero-order chi connectivity index (χ0) is 14.8. The number of rotatable bonds is 5. The van der Waals surface area contributed by atoms with Gasteiger partial charge < -0.3 is 9.47 Å². The number of esters is 2. The molecule has 0 bridgehead atoms. The maximum absolute atomic E-state index is 12.1. The molecule has 0 atom stereocenters. The summed E-state index contributed by atoms with van der Waals surface area (Å²) in [4.78, 5) is 24.2. The van der Waals surface area contributed by atoms with E-state index in [1.807, 2.05) is 0 Å². The molecule has 4 nitrogen and oxygen atoms in total. The molecule has 116 valence electrons. The van der Waals surface area contributed by atoms with E-state index < -0.39 is 17.9 Å². The second-order valence-electron chi connectivity index (χ2n) is 5.44. The van der Waals surface area contributed by atoms with Crippen molar-refractivity contribution in [2.24, 2.45) is 11.8 Å². The lowest BCUT2D eigenvalue weighted by atomic mass is 9.84. The summed E-state index contributed by atoms with van der Waals surface area (Å²) in [6.07, 6.45) is 8.90. The highest BCUT2D eigenvalue weighted by atomic mass is 16.6. The fourth-order valence-electron chi connectivity index (χ4n) is 2.94. The molecule has 0 aromatic carbocycles. The Bertz CT molecular complexity index is 273. The molecule has 1 fully saturated rings. The zero-order valence-corrected chi connectivity index (χ0v) is 12.9. The summed E-state index contributed by atoms with van der Waals surface area (Å²) in [5.74, 6) is -1.47. The van der Waals surface area contributed by atoms with Crippen molar-refractivity contribution in [2.45, 2.75) is 65.2 Å². The minimum atomic E-state index is -0.729. The van der Waals surface area contributed by atoms with Gasteiger partial charge in [-0.15, -0.1) is 0 Å². The second-order valence-corrected chi connectivity index (χ2v) is 5.44. The molecule has 0 radical (unpaired) electrons. The Balaban J connectivity index is 2.76. The fourth-order valence-corrected chi connectivity index (χ4v) is 2.94. The van der Waals surface area contributed by atoms with Crippen LogP contribution in [0.5, 0.6) is 0 Å². The van der Waals surface area contributed by atoms with Crippen molar-refractivity contribution in [3.63, 3.8) is 0 Å². The quantitative estimate of drug-likeness (QED) is 0.573. The molecule has 0 heterocycles. The van der Waals surface area contributed by atoms with Gasteiger partial charge in [0.15, 0.2) is 5.92 Å². The highest BCUT2D eigenvalue weighted by molar-refractivity contribution is 5.95. The molecule has 0 N–H and O–H groups in total. The summed E-state index contributed by atoms with van der Waals surface area (Å²) in [6.45, 7) is 4.15. The average Bonchev–Trinajstić information content (AvgIpc) is 2.54. The van der Waals surface area contributed by atoms with Gasteiger partial charge in [-0.3, -0.25) is 9.59 Å². The number of carbonyl (C=O) groups is 2. The van der Waals surface area contributed by atoms with Gasteiger partial charge >= 0.3 is 11.9 Å². The molecule has 20 heavy (non-hydrogen) atoms. The van der Waals surface area contributed by atoms with E-state index in [1.54, 1.807) is 13.8 Å². The molecule has 0 amide bonds. The summed E-state index contributed by atoms with van der Waals surface area (Å²) in [5.41, 5.74) is 0. The maximum Gasteiger partial charge on any atom is 0.320 e. The van der Waals surface area contributed by atoms with E-state index in [-0.39, 0.29) is 5.92 Å². The van der Waals surface area contributed by atoms with Crippen LogP contribution in [0.3, 0.4) is 0 Å². The molecule has 1 aliphatic carbocycles.